The molecule has 0 spiro atoms. The first-order valence-corrected chi connectivity index (χ1v) is 9.97. The van der Waals surface area contributed by atoms with Crippen molar-refractivity contribution < 1.29 is 4.74 Å². The molecule has 0 saturated carbocycles. The fourth-order valence-corrected chi connectivity index (χ4v) is 2.73. The number of nitrogens with zero attached hydrogens (tertiary/aromatic N) is 3. The summed E-state index contributed by atoms with van der Waals surface area (Å²) in [6, 6.07) is 4.31. The van der Waals surface area contributed by atoms with E-state index in [0.717, 1.165) is 44.1 Å². The average Bonchev–Trinajstić information content (AvgIpc) is 2.64. The van der Waals surface area contributed by atoms with Crippen molar-refractivity contribution in [3.8, 4) is 5.88 Å². The Hall–Kier alpha value is -1.82. The average molecular weight is 364 g/mol. The topological polar surface area (TPSA) is 61.8 Å². The van der Waals surface area contributed by atoms with Crippen LogP contribution in [0.25, 0.3) is 0 Å². The van der Waals surface area contributed by atoms with Gasteiger partial charge in [-0.3, -0.25) is 0 Å². The van der Waals surface area contributed by atoms with Crippen LogP contribution in [0.3, 0.4) is 0 Å². The maximum Gasteiger partial charge on any atom is 0.213 e. The van der Waals surface area contributed by atoms with Gasteiger partial charge in [0.05, 0.1) is 13.2 Å². The van der Waals surface area contributed by atoms with Crippen LogP contribution in [0.15, 0.2) is 23.3 Å². The standard InChI is InChI=1S/C20H37N5O/c1-6-21-20(24-17(5)11-10-14-25(7-2)8-3)23-16-18-12-13-22-19(15-18)26-9-4/h12-13,15,17H,6-11,14,16H2,1-5H3,(H2,21,23,24). The van der Waals surface area contributed by atoms with E-state index in [9.17, 15) is 0 Å². The quantitative estimate of drug-likeness (QED) is 0.441. The number of aromatic nitrogens is 1. The zero-order valence-corrected chi connectivity index (χ0v) is 17.2. The second-order valence-electron chi connectivity index (χ2n) is 6.35. The van der Waals surface area contributed by atoms with Crippen LogP contribution < -0.4 is 15.4 Å². The molecule has 1 heterocycles. The largest absolute Gasteiger partial charge is 0.478 e. The number of nitrogens with one attached hydrogen (secondary N) is 2. The smallest absolute Gasteiger partial charge is 0.213 e. The van der Waals surface area contributed by atoms with Gasteiger partial charge in [-0.05, 0) is 64.9 Å². The first-order chi connectivity index (χ1) is 12.6. The lowest BCUT2D eigenvalue weighted by Gasteiger charge is -2.21. The molecule has 1 aromatic rings. The van der Waals surface area contributed by atoms with Gasteiger partial charge < -0.3 is 20.3 Å². The van der Waals surface area contributed by atoms with Gasteiger partial charge in [-0.1, -0.05) is 13.8 Å². The van der Waals surface area contributed by atoms with Gasteiger partial charge in [0.2, 0.25) is 5.88 Å². The molecule has 0 aliphatic carbocycles. The van der Waals surface area contributed by atoms with Crippen molar-refractivity contribution in [3.05, 3.63) is 23.9 Å². The Morgan fingerprint density at radius 1 is 1.27 bits per heavy atom. The third kappa shape index (κ3) is 9.04. The Morgan fingerprint density at radius 2 is 2.04 bits per heavy atom. The molecule has 2 N–H and O–H groups in total. The molecule has 1 aromatic heterocycles. The molecule has 0 radical (unpaired) electrons. The van der Waals surface area contributed by atoms with Crippen LogP contribution in [0.5, 0.6) is 5.88 Å². The van der Waals surface area contributed by atoms with E-state index in [0.29, 0.717) is 25.1 Å². The van der Waals surface area contributed by atoms with Crippen molar-refractivity contribution >= 4 is 5.96 Å². The molecule has 26 heavy (non-hydrogen) atoms. The molecule has 6 nitrogen and oxygen atoms in total. The number of hydrogen-bond donors (Lipinski definition) is 2. The molecule has 1 unspecified atom stereocenters. The fraction of sp³-hybridized carbons (Fsp3) is 0.700. The minimum atomic E-state index is 0.389. The Labute approximate surface area is 159 Å². The molecule has 0 aliphatic rings. The Balaban J connectivity index is 2.53. The van der Waals surface area contributed by atoms with E-state index < -0.39 is 0 Å². The zero-order chi connectivity index (χ0) is 19.2. The Kier molecular flexibility index (Phi) is 11.4. The lowest BCUT2D eigenvalue weighted by Crippen LogP contribution is -2.42. The van der Waals surface area contributed by atoms with Crippen LogP contribution in [0.4, 0.5) is 0 Å². The maximum absolute atomic E-state index is 5.45. The minimum absolute atomic E-state index is 0.389. The van der Waals surface area contributed by atoms with Gasteiger partial charge in [-0.15, -0.1) is 0 Å². The highest BCUT2D eigenvalue weighted by atomic mass is 16.5. The van der Waals surface area contributed by atoms with Crippen molar-refractivity contribution in [3.63, 3.8) is 0 Å². The lowest BCUT2D eigenvalue weighted by molar-refractivity contribution is 0.292. The predicted molar refractivity (Wildman–Crippen MR) is 110 cm³/mol. The Bertz CT molecular complexity index is 517. The van der Waals surface area contributed by atoms with E-state index in [2.05, 4.69) is 48.2 Å². The summed E-state index contributed by atoms with van der Waals surface area (Å²) < 4.78 is 5.45. The summed E-state index contributed by atoms with van der Waals surface area (Å²) >= 11 is 0. The molecule has 6 heteroatoms. The summed E-state index contributed by atoms with van der Waals surface area (Å²) in [5.41, 5.74) is 1.09. The van der Waals surface area contributed by atoms with E-state index in [-0.39, 0.29) is 0 Å². The molecule has 1 rings (SSSR count). The molecule has 0 fully saturated rings. The zero-order valence-electron chi connectivity index (χ0n) is 17.2. The third-order valence-electron chi connectivity index (χ3n) is 4.24. The van der Waals surface area contributed by atoms with Crippen LogP contribution in [0.2, 0.25) is 0 Å². The van der Waals surface area contributed by atoms with Gasteiger partial charge in [-0.2, -0.15) is 0 Å². The highest BCUT2D eigenvalue weighted by molar-refractivity contribution is 5.80. The SMILES string of the molecule is CCNC(=NCc1ccnc(OCC)c1)NC(C)CCCN(CC)CC. The van der Waals surface area contributed by atoms with Crippen LogP contribution >= 0.6 is 0 Å². The number of guanidine groups is 1. The van der Waals surface area contributed by atoms with E-state index in [1.54, 1.807) is 6.20 Å². The van der Waals surface area contributed by atoms with E-state index in [1.807, 2.05) is 19.1 Å². The summed E-state index contributed by atoms with van der Waals surface area (Å²) in [6.45, 7) is 16.2. The molecule has 0 saturated heterocycles. The van der Waals surface area contributed by atoms with Crippen LogP contribution in [-0.4, -0.2) is 54.7 Å². The van der Waals surface area contributed by atoms with Gasteiger partial charge in [0.1, 0.15) is 0 Å². The number of pyridine rings is 1. The van der Waals surface area contributed by atoms with Crippen molar-refractivity contribution in [1.82, 2.24) is 20.5 Å². The normalized spacial score (nSPS) is 12.9. The van der Waals surface area contributed by atoms with Gasteiger partial charge in [0.15, 0.2) is 5.96 Å². The molecule has 0 aromatic carbocycles. The summed E-state index contributed by atoms with van der Waals surface area (Å²) in [5, 5.41) is 6.84. The van der Waals surface area contributed by atoms with Crippen molar-refractivity contribution in [2.45, 2.75) is 60.0 Å². The van der Waals surface area contributed by atoms with Gasteiger partial charge in [-0.25, -0.2) is 9.98 Å². The predicted octanol–water partition coefficient (Wildman–Crippen LogP) is 3.05. The van der Waals surface area contributed by atoms with E-state index in [4.69, 9.17) is 9.73 Å². The number of hydrogen-bond acceptors (Lipinski definition) is 4. The fourth-order valence-electron chi connectivity index (χ4n) is 2.73. The molecular formula is C20H37N5O. The third-order valence-corrected chi connectivity index (χ3v) is 4.24. The highest BCUT2D eigenvalue weighted by Crippen LogP contribution is 2.10. The number of aliphatic imine (C=N–C) groups is 1. The van der Waals surface area contributed by atoms with Crippen molar-refractivity contribution in [2.24, 2.45) is 4.99 Å². The van der Waals surface area contributed by atoms with Crippen LogP contribution in [0, 0.1) is 0 Å². The van der Waals surface area contributed by atoms with Crippen molar-refractivity contribution in [1.29, 1.82) is 0 Å². The molecule has 0 amide bonds. The first kappa shape index (κ1) is 22.2. The summed E-state index contributed by atoms with van der Waals surface area (Å²) in [6.07, 6.45) is 4.09. The van der Waals surface area contributed by atoms with E-state index in [1.165, 1.54) is 6.42 Å². The first-order valence-electron chi connectivity index (χ1n) is 9.97. The molecular weight excluding hydrogens is 326 g/mol. The van der Waals surface area contributed by atoms with Crippen LogP contribution in [0.1, 0.15) is 53.0 Å². The maximum atomic E-state index is 5.45. The van der Waals surface area contributed by atoms with Gasteiger partial charge in [0, 0.05) is 24.8 Å². The van der Waals surface area contributed by atoms with Crippen molar-refractivity contribution in [2.75, 3.05) is 32.8 Å². The molecule has 148 valence electrons. The second-order valence-corrected chi connectivity index (χ2v) is 6.35. The Morgan fingerprint density at radius 3 is 2.69 bits per heavy atom. The van der Waals surface area contributed by atoms with Crippen LogP contribution in [-0.2, 0) is 6.54 Å². The molecule has 1 atom stereocenters. The minimum Gasteiger partial charge on any atom is -0.478 e. The molecule has 0 aliphatic heterocycles. The number of ether oxygens (including phenoxy) is 1. The molecule has 0 bridgehead atoms. The highest BCUT2D eigenvalue weighted by Gasteiger charge is 2.07. The monoisotopic (exact) mass is 363 g/mol. The summed E-state index contributed by atoms with van der Waals surface area (Å²) in [4.78, 5) is 11.4. The summed E-state index contributed by atoms with van der Waals surface area (Å²) in [5.74, 6) is 1.51. The summed E-state index contributed by atoms with van der Waals surface area (Å²) in [7, 11) is 0. The number of rotatable bonds is 12. The van der Waals surface area contributed by atoms with Gasteiger partial charge >= 0.3 is 0 Å². The van der Waals surface area contributed by atoms with Gasteiger partial charge in [0.25, 0.3) is 0 Å². The lowest BCUT2D eigenvalue weighted by atomic mass is 10.2. The second kappa shape index (κ2) is 13.4. The van der Waals surface area contributed by atoms with E-state index >= 15 is 0 Å².